The Bertz CT molecular complexity index is 899. The van der Waals surface area contributed by atoms with E-state index in [9.17, 15) is 10.1 Å². The van der Waals surface area contributed by atoms with Crippen molar-refractivity contribution in [2.24, 2.45) is 0 Å². The molecule has 3 aromatic rings. The Hall–Kier alpha value is -2.75. The van der Waals surface area contributed by atoms with Crippen LogP contribution in [-0.2, 0) is 11.2 Å². The number of nitrogens with zero attached hydrogens (tertiary/aromatic N) is 5. The molecule has 0 saturated heterocycles. The molecule has 0 unspecified atom stereocenters. The SMILES string of the molecule is CC(C)(C)c1nc(SCc2nc(-c3cccc([N+](=O)[O-])c3)no2)n[nH]1. The number of nitrogens with one attached hydrogen (secondary N) is 1. The summed E-state index contributed by atoms with van der Waals surface area (Å²) in [6.45, 7) is 6.14. The number of nitro groups is 1. The lowest BCUT2D eigenvalue weighted by Gasteiger charge is -2.12. The van der Waals surface area contributed by atoms with Gasteiger partial charge in [-0.3, -0.25) is 15.2 Å². The van der Waals surface area contributed by atoms with Crippen LogP contribution in [0, 0.1) is 10.1 Å². The maximum absolute atomic E-state index is 10.8. The first-order valence-corrected chi connectivity index (χ1v) is 8.44. The normalized spacial score (nSPS) is 11.6. The van der Waals surface area contributed by atoms with E-state index in [2.05, 4.69) is 25.3 Å². The lowest BCUT2D eigenvalue weighted by Crippen LogP contribution is -2.13. The molecule has 0 saturated carbocycles. The third-order valence-corrected chi connectivity index (χ3v) is 4.12. The molecule has 0 radical (unpaired) electrons. The van der Waals surface area contributed by atoms with Crippen LogP contribution in [0.2, 0.25) is 0 Å². The minimum atomic E-state index is -0.462. The van der Waals surface area contributed by atoms with Crippen molar-refractivity contribution < 1.29 is 9.45 Å². The first kappa shape index (κ1) is 17.1. The van der Waals surface area contributed by atoms with E-state index in [-0.39, 0.29) is 11.1 Å². The fourth-order valence-electron chi connectivity index (χ4n) is 1.96. The molecule has 0 aliphatic carbocycles. The molecular formula is C15H16N6O3S. The van der Waals surface area contributed by atoms with E-state index < -0.39 is 4.92 Å². The molecule has 1 N–H and O–H groups in total. The van der Waals surface area contributed by atoms with Crippen LogP contribution in [0.15, 0.2) is 33.9 Å². The Kier molecular flexibility index (Phi) is 4.53. The number of H-pyrrole nitrogens is 1. The minimum Gasteiger partial charge on any atom is -0.338 e. The third-order valence-electron chi connectivity index (χ3n) is 3.28. The van der Waals surface area contributed by atoms with Crippen LogP contribution in [0.1, 0.15) is 32.5 Å². The lowest BCUT2D eigenvalue weighted by molar-refractivity contribution is -0.384. The summed E-state index contributed by atoms with van der Waals surface area (Å²) in [5.74, 6) is 1.92. The standard InChI is InChI=1S/C15H16N6O3S/c1-15(2,3)13-17-14(19-18-13)25-8-11-16-12(20-24-11)9-5-4-6-10(7-9)21(22)23/h4-7H,8H2,1-3H3,(H,17,18,19). The molecule has 0 fully saturated rings. The van der Waals surface area contributed by atoms with Gasteiger partial charge in [0.25, 0.3) is 5.69 Å². The number of hydrogen-bond acceptors (Lipinski definition) is 8. The van der Waals surface area contributed by atoms with Gasteiger partial charge in [-0.05, 0) is 0 Å². The van der Waals surface area contributed by atoms with Crippen LogP contribution in [0.25, 0.3) is 11.4 Å². The van der Waals surface area contributed by atoms with Crippen molar-refractivity contribution in [1.29, 1.82) is 0 Å². The summed E-state index contributed by atoms with van der Waals surface area (Å²) in [5.41, 5.74) is 0.404. The second-order valence-electron chi connectivity index (χ2n) is 6.32. The van der Waals surface area contributed by atoms with E-state index in [1.54, 1.807) is 12.1 Å². The number of hydrogen-bond donors (Lipinski definition) is 1. The highest BCUT2D eigenvalue weighted by Gasteiger charge is 2.19. The fraction of sp³-hybridized carbons (Fsp3) is 0.333. The Morgan fingerprint density at radius 2 is 2.12 bits per heavy atom. The van der Waals surface area contributed by atoms with Crippen molar-refractivity contribution in [2.45, 2.75) is 37.1 Å². The highest BCUT2D eigenvalue weighted by molar-refractivity contribution is 7.98. The Balaban J connectivity index is 1.69. The zero-order valence-electron chi connectivity index (χ0n) is 13.9. The summed E-state index contributed by atoms with van der Waals surface area (Å²) < 4.78 is 5.20. The van der Waals surface area contributed by atoms with Crippen LogP contribution in [0.3, 0.4) is 0 Å². The molecular weight excluding hydrogens is 344 g/mol. The van der Waals surface area contributed by atoms with E-state index >= 15 is 0 Å². The molecule has 130 valence electrons. The highest BCUT2D eigenvalue weighted by Crippen LogP contribution is 2.25. The van der Waals surface area contributed by atoms with Gasteiger partial charge in [0.1, 0.15) is 5.82 Å². The van der Waals surface area contributed by atoms with Crippen LogP contribution in [0.4, 0.5) is 5.69 Å². The molecule has 10 heteroatoms. The minimum absolute atomic E-state index is 0.0198. The number of aromatic amines is 1. The predicted molar refractivity (Wildman–Crippen MR) is 91.0 cm³/mol. The maximum Gasteiger partial charge on any atom is 0.270 e. The van der Waals surface area contributed by atoms with Gasteiger partial charge >= 0.3 is 0 Å². The van der Waals surface area contributed by atoms with Crippen molar-refractivity contribution in [2.75, 3.05) is 0 Å². The summed E-state index contributed by atoms with van der Waals surface area (Å²) in [6, 6.07) is 6.10. The van der Waals surface area contributed by atoms with Crippen molar-refractivity contribution in [3.05, 3.63) is 46.1 Å². The van der Waals surface area contributed by atoms with Crippen LogP contribution >= 0.6 is 11.8 Å². The molecule has 2 heterocycles. The number of non-ortho nitro benzene ring substituents is 1. The summed E-state index contributed by atoms with van der Waals surface area (Å²) in [5, 5.41) is 22.4. The van der Waals surface area contributed by atoms with Gasteiger partial charge in [0.15, 0.2) is 0 Å². The van der Waals surface area contributed by atoms with Crippen LogP contribution < -0.4 is 0 Å². The molecule has 0 atom stereocenters. The van der Waals surface area contributed by atoms with E-state index in [1.807, 2.05) is 20.8 Å². The van der Waals surface area contributed by atoms with Gasteiger partial charge < -0.3 is 4.52 Å². The van der Waals surface area contributed by atoms with Crippen molar-refractivity contribution in [1.82, 2.24) is 25.3 Å². The smallest absolute Gasteiger partial charge is 0.270 e. The van der Waals surface area contributed by atoms with E-state index in [0.29, 0.717) is 28.2 Å². The highest BCUT2D eigenvalue weighted by atomic mass is 32.2. The van der Waals surface area contributed by atoms with Gasteiger partial charge in [-0.15, -0.1) is 5.10 Å². The van der Waals surface area contributed by atoms with E-state index in [1.165, 1.54) is 23.9 Å². The summed E-state index contributed by atoms with van der Waals surface area (Å²) >= 11 is 1.37. The molecule has 3 rings (SSSR count). The average molecular weight is 360 g/mol. The van der Waals surface area contributed by atoms with Crippen molar-refractivity contribution in [3.8, 4) is 11.4 Å². The first-order chi connectivity index (χ1) is 11.8. The molecule has 9 nitrogen and oxygen atoms in total. The van der Waals surface area contributed by atoms with Gasteiger partial charge in [-0.1, -0.05) is 49.8 Å². The number of nitro benzene ring substituents is 1. The molecule has 0 bridgehead atoms. The Labute approximate surface area is 147 Å². The molecule has 2 aromatic heterocycles. The van der Waals surface area contributed by atoms with E-state index in [0.717, 1.165) is 5.82 Å². The van der Waals surface area contributed by atoms with Crippen molar-refractivity contribution >= 4 is 17.4 Å². The summed E-state index contributed by atoms with van der Waals surface area (Å²) in [6.07, 6.45) is 0. The number of benzene rings is 1. The van der Waals surface area contributed by atoms with Crippen LogP contribution in [-0.4, -0.2) is 30.2 Å². The maximum atomic E-state index is 10.8. The molecule has 0 spiro atoms. The number of rotatable bonds is 5. The average Bonchev–Trinajstić information content (AvgIpc) is 3.22. The summed E-state index contributed by atoms with van der Waals surface area (Å²) in [7, 11) is 0. The monoisotopic (exact) mass is 360 g/mol. The lowest BCUT2D eigenvalue weighted by atomic mass is 9.96. The number of aromatic nitrogens is 5. The largest absolute Gasteiger partial charge is 0.338 e. The molecule has 0 aliphatic heterocycles. The van der Waals surface area contributed by atoms with Gasteiger partial charge in [0.2, 0.25) is 16.9 Å². The summed E-state index contributed by atoms with van der Waals surface area (Å²) in [4.78, 5) is 19.1. The molecule has 0 amide bonds. The van der Waals surface area contributed by atoms with E-state index in [4.69, 9.17) is 4.52 Å². The predicted octanol–water partition coefficient (Wildman–Crippen LogP) is 3.35. The third kappa shape index (κ3) is 4.02. The van der Waals surface area contributed by atoms with Gasteiger partial charge in [-0.25, -0.2) is 4.98 Å². The quantitative estimate of drug-likeness (QED) is 0.417. The van der Waals surface area contributed by atoms with Crippen LogP contribution in [0.5, 0.6) is 0 Å². The van der Waals surface area contributed by atoms with Crippen molar-refractivity contribution in [3.63, 3.8) is 0 Å². The second kappa shape index (κ2) is 6.63. The Morgan fingerprint density at radius 3 is 2.80 bits per heavy atom. The number of thioether (sulfide) groups is 1. The fourth-order valence-corrected chi connectivity index (χ4v) is 2.60. The molecule has 0 aliphatic rings. The molecule has 1 aromatic carbocycles. The molecule has 25 heavy (non-hydrogen) atoms. The van der Waals surface area contributed by atoms with Gasteiger partial charge in [-0.2, -0.15) is 4.98 Å². The van der Waals surface area contributed by atoms with Gasteiger partial charge in [0.05, 0.1) is 10.7 Å². The first-order valence-electron chi connectivity index (χ1n) is 7.46. The second-order valence-corrected chi connectivity index (χ2v) is 7.27. The van der Waals surface area contributed by atoms with Gasteiger partial charge in [0, 0.05) is 23.1 Å². The zero-order valence-corrected chi connectivity index (χ0v) is 14.7. The topological polar surface area (TPSA) is 124 Å². The zero-order chi connectivity index (χ0) is 18.0. The Morgan fingerprint density at radius 1 is 1.32 bits per heavy atom.